The number of unbranched alkanes of at least 4 members (excludes halogenated alkanes) is 1. The molecule has 2 heterocycles. The Bertz CT molecular complexity index is 963. The smallest absolute Gasteiger partial charge is 0.173 e. The SMILES string of the molecule is C#CCCCn1cnc(=N)c2[nH]c(Sc3cc(C)cc(Cl)c3)nc21. The van der Waals surface area contributed by atoms with Crippen molar-refractivity contribution in [3.8, 4) is 12.3 Å². The molecule has 0 aliphatic carbocycles. The minimum Gasteiger partial charge on any atom is -0.328 e. The van der Waals surface area contributed by atoms with Crippen molar-refractivity contribution in [3.63, 3.8) is 0 Å². The van der Waals surface area contributed by atoms with Crippen LogP contribution in [-0.2, 0) is 6.54 Å². The van der Waals surface area contributed by atoms with Gasteiger partial charge in [-0.1, -0.05) is 23.4 Å². The van der Waals surface area contributed by atoms with E-state index in [1.54, 1.807) is 6.33 Å². The highest BCUT2D eigenvalue weighted by atomic mass is 35.5. The average Bonchev–Trinajstić information content (AvgIpc) is 2.93. The fraction of sp³-hybridized carbons (Fsp3) is 0.235. The van der Waals surface area contributed by atoms with Crippen LogP contribution in [0.1, 0.15) is 18.4 Å². The quantitative estimate of drug-likeness (QED) is 0.539. The summed E-state index contributed by atoms with van der Waals surface area (Å²) in [5.41, 5.74) is 2.61. The lowest BCUT2D eigenvalue weighted by molar-refractivity contribution is 0.653. The summed E-state index contributed by atoms with van der Waals surface area (Å²) in [4.78, 5) is 12.9. The summed E-state index contributed by atoms with van der Waals surface area (Å²) in [5, 5.41) is 9.38. The summed E-state index contributed by atoms with van der Waals surface area (Å²) >= 11 is 7.59. The van der Waals surface area contributed by atoms with E-state index in [0.717, 1.165) is 23.4 Å². The third-order valence-corrected chi connectivity index (χ3v) is 4.52. The van der Waals surface area contributed by atoms with Crippen LogP contribution in [-0.4, -0.2) is 19.5 Å². The van der Waals surface area contributed by atoms with E-state index < -0.39 is 0 Å². The van der Waals surface area contributed by atoms with Crippen molar-refractivity contribution in [2.24, 2.45) is 0 Å². The van der Waals surface area contributed by atoms with Crippen LogP contribution in [0, 0.1) is 24.7 Å². The number of aromatic nitrogens is 4. The van der Waals surface area contributed by atoms with E-state index >= 15 is 0 Å². The van der Waals surface area contributed by atoms with E-state index in [1.807, 2.05) is 29.7 Å². The van der Waals surface area contributed by atoms with Crippen LogP contribution in [0.2, 0.25) is 5.02 Å². The van der Waals surface area contributed by atoms with E-state index in [4.69, 9.17) is 23.4 Å². The van der Waals surface area contributed by atoms with Gasteiger partial charge in [-0.25, -0.2) is 9.97 Å². The van der Waals surface area contributed by atoms with Crippen molar-refractivity contribution in [2.75, 3.05) is 0 Å². The number of fused-ring (bicyclic) bond motifs is 1. The summed E-state index contributed by atoms with van der Waals surface area (Å²) in [6.07, 6.45) is 8.49. The summed E-state index contributed by atoms with van der Waals surface area (Å²) in [6, 6.07) is 5.85. The normalized spacial score (nSPS) is 10.9. The molecule has 0 radical (unpaired) electrons. The Morgan fingerprint density at radius 2 is 2.25 bits per heavy atom. The van der Waals surface area contributed by atoms with Gasteiger partial charge in [-0.3, -0.25) is 5.41 Å². The number of H-pyrrole nitrogens is 1. The molecule has 0 unspecified atom stereocenters. The first kappa shape index (κ1) is 16.6. The molecule has 2 aromatic heterocycles. The topological polar surface area (TPSA) is 70.3 Å². The van der Waals surface area contributed by atoms with E-state index in [-0.39, 0.29) is 5.49 Å². The highest BCUT2D eigenvalue weighted by molar-refractivity contribution is 7.99. The zero-order valence-corrected chi connectivity index (χ0v) is 14.7. The Balaban J connectivity index is 1.95. The molecule has 0 spiro atoms. The highest BCUT2D eigenvalue weighted by Crippen LogP contribution is 2.29. The van der Waals surface area contributed by atoms with Crippen molar-refractivity contribution < 1.29 is 0 Å². The predicted octanol–water partition coefficient (Wildman–Crippen LogP) is 3.77. The summed E-state index contributed by atoms with van der Waals surface area (Å²) in [7, 11) is 0. The van der Waals surface area contributed by atoms with Gasteiger partial charge in [-0.05, 0) is 37.1 Å². The van der Waals surface area contributed by atoms with Crippen LogP contribution < -0.4 is 5.49 Å². The number of rotatable bonds is 5. The zero-order chi connectivity index (χ0) is 17.1. The van der Waals surface area contributed by atoms with Gasteiger partial charge in [0, 0.05) is 22.9 Å². The molecule has 0 amide bonds. The average molecular weight is 358 g/mol. The number of nitrogens with zero attached hydrogens (tertiary/aromatic N) is 3. The number of aromatic amines is 1. The molecule has 0 bridgehead atoms. The van der Waals surface area contributed by atoms with Crippen molar-refractivity contribution in [1.82, 2.24) is 19.5 Å². The molecule has 0 atom stereocenters. The largest absolute Gasteiger partial charge is 0.328 e. The van der Waals surface area contributed by atoms with Crippen molar-refractivity contribution in [1.29, 1.82) is 5.41 Å². The molecule has 122 valence electrons. The van der Waals surface area contributed by atoms with E-state index in [9.17, 15) is 0 Å². The molecule has 0 saturated carbocycles. The molecule has 3 aromatic rings. The molecule has 5 nitrogen and oxygen atoms in total. The molecule has 0 aliphatic rings. The molecule has 0 saturated heterocycles. The first-order valence-corrected chi connectivity index (χ1v) is 8.64. The zero-order valence-electron chi connectivity index (χ0n) is 13.1. The summed E-state index contributed by atoms with van der Waals surface area (Å²) in [6.45, 7) is 2.72. The molecular formula is C17H16ClN5S. The van der Waals surface area contributed by atoms with Gasteiger partial charge in [0.15, 0.2) is 16.3 Å². The maximum Gasteiger partial charge on any atom is 0.173 e. The predicted molar refractivity (Wildman–Crippen MR) is 96.1 cm³/mol. The molecule has 3 rings (SSSR count). The van der Waals surface area contributed by atoms with Gasteiger partial charge >= 0.3 is 0 Å². The first-order chi connectivity index (χ1) is 11.6. The second kappa shape index (κ2) is 7.12. The number of terminal acetylenes is 1. The Kier molecular flexibility index (Phi) is 4.93. The lowest BCUT2D eigenvalue weighted by Gasteiger charge is -2.04. The maximum absolute atomic E-state index is 7.98. The number of hydrogen-bond donors (Lipinski definition) is 2. The molecule has 1 aromatic carbocycles. The third kappa shape index (κ3) is 3.64. The van der Waals surface area contributed by atoms with Crippen molar-refractivity contribution >= 4 is 34.5 Å². The lowest BCUT2D eigenvalue weighted by atomic mass is 10.2. The molecular weight excluding hydrogens is 342 g/mol. The van der Waals surface area contributed by atoms with Crippen LogP contribution in [0.5, 0.6) is 0 Å². The number of aryl methyl sites for hydroxylation is 2. The fourth-order valence-electron chi connectivity index (χ4n) is 2.40. The molecule has 7 heteroatoms. The number of hydrogen-bond acceptors (Lipinski definition) is 4. The van der Waals surface area contributed by atoms with Crippen molar-refractivity contribution in [2.45, 2.75) is 36.4 Å². The molecule has 24 heavy (non-hydrogen) atoms. The first-order valence-electron chi connectivity index (χ1n) is 7.45. The second-order valence-electron chi connectivity index (χ2n) is 5.40. The van der Waals surface area contributed by atoms with Crippen molar-refractivity contribution in [3.05, 3.63) is 40.6 Å². The van der Waals surface area contributed by atoms with Gasteiger partial charge in [-0.2, -0.15) is 0 Å². The van der Waals surface area contributed by atoms with Crippen LogP contribution in [0.15, 0.2) is 34.6 Å². The second-order valence-corrected chi connectivity index (χ2v) is 6.90. The number of benzene rings is 1. The number of imidazole rings is 1. The Morgan fingerprint density at radius 1 is 1.42 bits per heavy atom. The van der Waals surface area contributed by atoms with Crippen LogP contribution in [0.3, 0.4) is 0 Å². The van der Waals surface area contributed by atoms with Gasteiger partial charge in [0.2, 0.25) is 0 Å². The Morgan fingerprint density at radius 3 is 3.00 bits per heavy atom. The van der Waals surface area contributed by atoms with Crippen LogP contribution >= 0.6 is 23.4 Å². The van der Waals surface area contributed by atoms with E-state index in [1.165, 1.54) is 11.8 Å². The third-order valence-electron chi connectivity index (χ3n) is 3.45. The molecule has 0 fully saturated rings. The Hall–Kier alpha value is -2.23. The maximum atomic E-state index is 7.98. The van der Waals surface area contributed by atoms with Gasteiger partial charge in [0.25, 0.3) is 0 Å². The van der Waals surface area contributed by atoms with E-state index in [0.29, 0.717) is 27.8 Å². The fourth-order valence-corrected chi connectivity index (χ4v) is 3.69. The number of nitrogens with one attached hydrogen (secondary N) is 2. The lowest BCUT2D eigenvalue weighted by Crippen LogP contribution is -2.12. The van der Waals surface area contributed by atoms with Gasteiger partial charge in [-0.15, -0.1) is 12.3 Å². The standard InChI is InChI=1S/C17H16ClN5S/c1-3-4-5-6-23-10-20-15(19)14-16(23)22-17(21-14)24-13-8-11(2)7-12(18)9-13/h1,7-10,19H,4-6H2,2H3,(H,21,22). The van der Waals surface area contributed by atoms with Gasteiger partial charge in [0.05, 0.1) is 6.33 Å². The summed E-state index contributed by atoms with van der Waals surface area (Å²) in [5.74, 6) is 2.63. The van der Waals surface area contributed by atoms with Gasteiger partial charge < -0.3 is 9.55 Å². The highest BCUT2D eigenvalue weighted by Gasteiger charge is 2.10. The van der Waals surface area contributed by atoms with Crippen LogP contribution in [0.25, 0.3) is 11.2 Å². The minimum absolute atomic E-state index is 0.180. The molecule has 0 aliphatic heterocycles. The summed E-state index contributed by atoms with van der Waals surface area (Å²) < 4.78 is 1.93. The van der Waals surface area contributed by atoms with Gasteiger partial charge in [0.1, 0.15) is 5.52 Å². The minimum atomic E-state index is 0.180. The van der Waals surface area contributed by atoms with Crippen LogP contribution in [0.4, 0.5) is 0 Å². The monoisotopic (exact) mass is 357 g/mol. The number of halogens is 1. The molecule has 2 N–H and O–H groups in total. The Labute approximate surface area is 149 Å². The van der Waals surface area contributed by atoms with E-state index in [2.05, 4.69) is 20.9 Å².